The molecule has 2 amide bonds. The fraction of sp³-hybridized carbons (Fsp3) is 0.222. The average Bonchev–Trinajstić information content (AvgIpc) is 3.05. The summed E-state index contributed by atoms with van der Waals surface area (Å²) in [4.78, 5) is 26.7. The molecule has 3 rings (SSSR count). The molecule has 1 saturated heterocycles. The largest absolute Gasteiger partial charge is 0.327 e. The average molecular weight is 347 g/mol. The molecule has 6 heteroatoms. The van der Waals surface area contributed by atoms with Crippen LogP contribution < -0.4 is 5.32 Å². The zero-order chi connectivity index (χ0) is 17.1. The van der Waals surface area contributed by atoms with E-state index >= 15 is 0 Å². The van der Waals surface area contributed by atoms with Gasteiger partial charge in [0, 0.05) is 12.2 Å². The van der Waals surface area contributed by atoms with Gasteiger partial charge in [-0.1, -0.05) is 29.8 Å². The molecule has 0 spiro atoms. The SMILES string of the molecule is O=C(Nc1ccccc1)C1CCCN1C(=O)c1ccc(F)cc1Cl. The minimum Gasteiger partial charge on any atom is -0.327 e. The maximum absolute atomic E-state index is 13.2. The van der Waals surface area contributed by atoms with Crippen LogP contribution in [0.1, 0.15) is 23.2 Å². The van der Waals surface area contributed by atoms with Crippen molar-refractivity contribution in [2.45, 2.75) is 18.9 Å². The topological polar surface area (TPSA) is 49.4 Å². The Hall–Kier alpha value is -2.40. The van der Waals surface area contributed by atoms with Crippen molar-refractivity contribution in [1.29, 1.82) is 0 Å². The van der Waals surface area contributed by atoms with Crippen LogP contribution in [-0.2, 0) is 4.79 Å². The summed E-state index contributed by atoms with van der Waals surface area (Å²) < 4.78 is 13.2. The van der Waals surface area contributed by atoms with E-state index < -0.39 is 11.9 Å². The van der Waals surface area contributed by atoms with Crippen LogP contribution in [0.25, 0.3) is 0 Å². The molecule has 1 atom stereocenters. The van der Waals surface area contributed by atoms with E-state index in [1.165, 1.54) is 17.0 Å². The Balaban J connectivity index is 1.77. The van der Waals surface area contributed by atoms with Crippen molar-refractivity contribution in [3.8, 4) is 0 Å². The van der Waals surface area contributed by atoms with E-state index in [1.54, 1.807) is 12.1 Å². The van der Waals surface area contributed by atoms with Gasteiger partial charge in [-0.15, -0.1) is 0 Å². The van der Waals surface area contributed by atoms with Crippen LogP contribution in [0.3, 0.4) is 0 Å². The van der Waals surface area contributed by atoms with Crippen molar-refractivity contribution in [2.75, 3.05) is 11.9 Å². The lowest BCUT2D eigenvalue weighted by Gasteiger charge is -2.24. The lowest BCUT2D eigenvalue weighted by Crippen LogP contribution is -2.43. The van der Waals surface area contributed by atoms with E-state index in [2.05, 4.69) is 5.32 Å². The minimum atomic E-state index is -0.557. The summed E-state index contributed by atoms with van der Waals surface area (Å²) in [5, 5.41) is 2.87. The molecule has 0 aromatic heterocycles. The summed E-state index contributed by atoms with van der Waals surface area (Å²) >= 11 is 5.97. The van der Waals surface area contributed by atoms with Crippen molar-refractivity contribution in [1.82, 2.24) is 4.90 Å². The summed E-state index contributed by atoms with van der Waals surface area (Å²) in [7, 11) is 0. The van der Waals surface area contributed by atoms with E-state index in [9.17, 15) is 14.0 Å². The molecule has 0 bridgehead atoms. The maximum atomic E-state index is 13.2. The quantitative estimate of drug-likeness (QED) is 0.920. The number of anilines is 1. The van der Waals surface area contributed by atoms with Gasteiger partial charge in [-0.05, 0) is 43.2 Å². The van der Waals surface area contributed by atoms with Crippen molar-refractivity contribution < 1.29 is 14.0 Å². The zero-order valence-corrected chi connectivity index (χ0v) is 13.6. The van der Waals surface area contributed by atoms with Gasteiger partial charge >= 0.3 is 0 Å². The lowest BCUT2D eigenvalue weighted by atomic mass is 10.1. The number of amides is 2. The van der Waals surface area contributed by atoms with Crippen molar-refractivity contribution in [2.24, 2.45) is 0 Å². The zero-order valence-electron chi connectivity index (χ0n) is 12.8. The van der Waals surface area contributed by atoms with Crippen LogP contribution in [-0.4, -0.2) is 29.3 Å². The van der Waals surface area contributed by atoms with E-state index in [1.807, 2.05) is 18.2 Å². The molecule has 1 aliphatic heterocycles. The van der Waals surface area contributed by atoms with Gasteiger partial charge < -0.3 is 10.2 Å². The number of benzene rings is 2. The molecule has 0 saturated carbocycles. The molecule has 0 radical (unpaired) electrons. The molecule has 0 aliphatic carbocycles. The third-order valence-corrected chi connectivity index (χ3v) is 4.33. The molecule has 1 unspecified atom stereocenters. The smallest absolute Gasteiger partial charge is 0.256 e. The van der Waals surface area contributed by atoms with Crippen molar-refractivity contribution >= 4 is 29.1 Å². The third-order valence-electron chi connectivity index (χ3n) is 4.02. The summed E-state index contributed by atoms with van der Waals surface area (Å²) in [6.07, 6.45) is 1.32. The van der Waals surface area contributed by atoms with Gasteiger partial charge in [0.25, 0.3) is 5.91 Å². The monoisotopic (exact) mass is 346 g/mol. The van der Waals surface area contributed by atoms with E-state index in [-0.39, 0.29) is 22.4 Å². The number of rotatable bonds is 3. The van der Waals surface area contributed by atoms with Gasteiger partial charge in [0.2, 0.25) is 5.91 Å². The van der Waals surface area contributed by atoms with E-state index in [4.69, 9.17) is 11.6 Å². The molecule has 1 fully saturated rings. The first-order valence-corrected chi connectivity index (χ1v) is 8.06. The van der Waals surface area contributed by atoms with Gasteiger partial charge in [-0.2, -0.15) is 0 Å². The Morgan fingerprint density at radius 3 is 2.62 bits per heavy atom. The van der Waals surface area contributed by atoms with Crippen LogP contribution in [0.4, 0.5) is 10.1 Å². The highest BCUT2D eigenvalue weighted by molar-refractivity contribution is 6.33. The Labute approximate surface area is 144 Å². The fourth-order valence-corrected chi connectivity index (χ4v) is 3.10. The molecule has 124 valence electrons. The number of hydrogen-bond acceptors (Lipinski definition) is 2. The summed E-state index contributed by atoms with van der Waals surface area (Å²) in [5.41, 5.74) is 0.888. The molecule has 2 aromatic carbocycles. The van der Waals surface area contributed by atoms with Gasteiger partial charge in [0.1, 0.15) is 11.9 Å². The summed E-state index contributed by atoms with van der Waals surface area (Å²) in [5.74, 6) is -1.09. The third kappa shape index (κ3) is 3.41. The number of nitrogens with one attached hydrogen (secondary N) is 1. The molecular weight excluding hydrogens is 331 g/mol. The molecular formula is C18H16ClFN2O2. The van der Waals surface area contributed by atoms with Crippen LogP contribution in [0.15, 0.2) is 48.5 Å². The molecule has 1 heterocycles. The van der Waals surface area contributed by atoms with Crippen molar-refractivity contribution in [3.05, 3.63) is 64.9 Å². The Bertz CT molecular complexity index is 767. The number of likely N-dealkylation sites (tertiary alicyclic amines) is 1. The highest BCUT2D eigenvalue weighted by atomic mass is 35.5. The maximum Gasteiger partial charge on any atom is 0.256 e. The molecule has 1 N–H and O–H groups in total. The van der Waals surface area contributed by atoms with Crippen LogP contribution >= 0.6 is 11.6 Å². The number of halogens is 2. The Morgan fingerprint density at radius 2 is 1.92 bits per heavy atom. The van der Waals surface area contributed by atoms with Crippen LogP contribution in [0.5, 0.6) is 0 Å². The second-order valence-electron chi connectivity index (χ2n) is 5.64. The fourth-order valence-electron chi connectivity index (χ4n) is 2.85. The van der Waals surface area contributed by atoms with E-state index in [0.717, 1.165) is 12.5 Å². The number of para-hydroxylation sites is 1. The first-order chi connectivity index (χ1) is 11.6. The second kappa shape index (κ2) is 7.01. The normalized spacial score (nSPS) is 16.9. The number of carbonyl (C=O) groups is 2. The molecule has 24 heavy (non-hydrogen) atoms. The number of hydrogen-bond donors (Lipinski definition) is 1. The predicted octanol–water partition coefficient (Wildman–Crippen LogP) is 3.72. The standard InChI is InChI=1S/C18H16ClFN2O2/c19-15-11-12(20)8-9-14(15)18(24)22-10-4-7-16(22)17(23)21-13-5-2-1-3-6-13/h1-3,5-6,8-9,11,16H,4,7,10H2,(H,21,23). The van der Waals surface area contributed by atoms with Gasteiger partial charge in [-0.25, -0.2) is 4.39 Å². The van der Waals surface area contributed by atoms with Crippen molar-refractivity contribution in [3.63, 3.8) is 0 Å². The first kappa shape index (κ1) is 16.5. The van der Waals surface area contributed by atoms with Gasteiger partial charge in [0.05, 0.1) is 10.6 Å². The molecule has 1 aliphatic rings. The highest BCUT2D eigenvalue weighted by Gasteiger charge is 2.35. The molecule has 2 aromatic rings. The van der Waals surface area contributed by atoms with E-state index in [0.29, 0.717) is 18.7 Å². The second-order valence-corrected chi connectivity index (χ2v) is 6.04. The number of nitrogens with zero attached hydrogens (tertiary/aromatic N) is 1. The summed E-state index contributed by atoms with van der Waals surface area (Å²) in [6.45, 7) is 0.472. The highest BCUT2D eigenvalue weighted by Crippen LogP contribution is 2.25. The van der Waals surface area contributed by atoms with Crippen LogP contribution in [0, 0.1) is 5.82 Å². The lowest BCUT2D eigenvalue weighted by molar-refractivity contribution is -0.119. The molecule has 4 nitrogen and oxygen atoms in total. The summed E-state index contributed by atoms with van der Waals surface area (Å²) in [6, 6.07) is 12.2. The Kier molecular flexibility index (Phi) is 4.81. The van der Waals surface area contributed by atoms with Crippen LogP contribution in [0.2, 0.25) is 5.02 Å². The Morgan fingerprint density at radius 1 is 1.17 bits per heavy atom. The predicted molar refractivity (Wildman–Crippen MR) is 90.5 cm³/mol. The number of carbonyl (C=O) groups excluding carboxylic acids is 2. The minimum absolute atomic E-state index is 0.0501. The van der Waals surface area contributed by atoms with Gasteiger partial charge in [-0.3, -0.25) is 9.59 Å². The first-order valence-electron chi connectivity index (χ1n) is 7.68. The van der Waals surface area contributed by atoms with Gasteiger partial charge in [0.15, 0.2) is 0 Å².